The van der Waals surface area contributed by atoms with Crippen molar-refractivity contribution < 1.29 is 17.0 Å². The van der Waals surface area contributed by atoms with E-state index < -0.39 is 10.1 Å². The van der Waals surface area contributed by atoms with Gasteiger partial charge in [-0.15, -0.1) is 0 Å². The zero-order valence-electron chi connectivity index (χ0n) is 9.87. The monoisotopic (exact) mass is 252 g/mol. The first-order valence-electron chi connectivity index (χ1n) is 4.94. The molecule has 15 heavy (non-hydrogen) atoms. The Morgan fingerprint density at radius 1 is 1.13 bits per heavy atom. The van der Waals surface area contributed by atoms with Crippen molar-refractivity contribution in [2.24, 2.45) is 0 Å². The lowest BCUT2D eigenvalue weighted by molar-refractivity contribution is 0.271. The summed E-state index contributed by atoms with van der Waals surface area (Å²) in [5, 5.41) is 0.212. The summed E-state index contributed by atoms with van der Waals surface area (Å²) in [6.45, 7) is 7.29. The van der Waals surface area contributed by atoms with E-state index in [1.54, 1.807) is 0 Å². The Balaban J connectivity index is 3.27. The molecule has 0 aliphatic heterocycles. The summed E-state index contributed by atoms with van der Waals surface area (Å²) < 4.78 is 31.2. The van der Waals surface area contributed by atoms with Gasteiger partial charge in [0, 0.05) is 6.61 Å². The minimum absolute atomic E-state index is 0.212. The van der Waals surface area contributed by atoms with Gasteiger partial charge in [0.1, 0.15) is 0 Å². The molecule has 2 radical (unpaired) electrons. The molecule has 0 unspecified atom stereocenters. The third-order valence-corrected chi connectivity index (χ3v) is 2.87. The van der Waals surface area contributed by atoms with Gasteiger partial charge in [-0.05, 0) is 17.9 Å². The van der Waals surface area contributed by atoms with Crippen molar-refractivity contribution in [2.45, 2.75) is 38.7 Å². The molecule has 0 saturated heterocycles. The summed E-state index contributed by atoms with van der Waals surface area (Å²) in [6, 6.07) is 0. The zero-order valence-corrected chi connectivity index (χ0v) is 11.7. The summed E-state index contributed by atoms with van der Waals surface area (Å²) in [6.07, 6.45) is 2.60. The molecule has 0 aromatic heterocycles. The lowest BCUT2D eigenvalue weighted by atomic mass is 10.3. The van der Waals surface area contributed by atoms with Gasteiger partial charge >= 0.3 is 0 Å². The molecule has 0 fully saturated rings. The highest BCUT2D eigenvalue weighted by Crippen LogP contribution is 2.19. The molecule has 0 aliphatic carbocycles. The summed E-state index contributed by atoms with van der Waals surface area (Å²) in [5.41, 5.74) is 0. The summed E-state index contributed by atoms with van der Waals surface area (Å²) in [4.78, 5) is 0. The smallest absolute Gasteiger partial charge is 0.264 e. The van der Waals surface area contributed by atoms with Crippen LogP contribution in [-0.2, 0) is 18.7 Å². The predicted octanol–water partition coefficient (Wildman–Crippen LogP) is 1.60. The molecular weight excluding hydrogens is 232 g/mol. The quantitative estimate of drug-likeness (QED) is 0.392. The maximum atomic E-state index is 10.6. The average molecular weight is 252 g/mol. The topological polar surface area (TPSA) is 52.6 Å². The summed E-state index contributed by atoms with van der Waals surface area (Å²) >= 11 is 0. The van der Waals surface area contributed by atoms with E-state index in [1.165, 1.54) is 0 Å². The molecule has 0 amide bonds. The summed E-state index contributed by atoms with van der Waals surface area (Å²) in [5.74, 6) is 0. The Labute approximate surface area is 95.4 Å². The molecule has 0 aromatic carbocycles. The average Bonchev–Trinajstić information content (AvgIpc) is 1.98. The second kappa shape index (κ2) is 6.62. The first kappa shape index (κ1) is 15.1. The van der Waals surface area contributed by atoms with Crippen LogP contribution in [0.3, 0.4) is 0 Å². The highest BCUT2D eigenvalue weighted by molar-refractivity contribution is 7.85. The van der Waals surface area contributed by atoms with Crippen molar-refractivity contribution in [3.05, 3.63) is 0 Å². The number of hydrogen-bond donors (Lipinski definition) is 0. The van der Waals surface area contributed by atoms with Gasteiger partial charge in [-0.2, -0.15) is 8.42 Å². The lowest BCUT2D eigenvalue weighted by Crippen LogP contribution is -2.13. The Morgan fingerprint density at radius 3 is 2.13 bits per heavy atom. The van der Waals surface area contributed by atoms with Gasteiger partial charge in [-0.25, -0.2) is 0 Å². The van der Waals surface area contributed by atoms with Gasteiger partial charge < -0.3 is 4.43 Å². The second-order valence-corrected chi connectivity index (χ2v) is 8.07. The zero-order chi connectivity index (χ0) is 11.9. The van der Waals surface area contributed by atoms with Crippen LogP contribution < -0.4 is 0 Å². The Hall–Kier alpha value is 0.0869. The van der Waals surface area contributed by atoms with Crippen LogP contribution >= 0.6 is 0 Å². The molecule has 6 heteroatoms. The number of unbranched alkanes of at least 4 members (excludes halogenated alkanes) is 1. The van der Waals surface area contributed by atoms with Gasteiger partial charge in [0.25, 0.3) is 10.1 Å². The van der Waals surface area contributed by atoms with Crippen molar-refractivity contribution >= 4 is 19.9 Å². The molecule has 0 rings (SSSR count). The Morgan fingerprint density at radius 2 is 1.67 bits per heavy atom. The van der Waals surface area contributed by atoms with E-state index in [0.717, 1.165) is 12.7 Å². The van der Waals surface area contributed by atoms with E-state index >= 15 is 0 Å². The van der Waals surface area contributed by atoms with Crippen LogP contribution in [0.4, 0.5) is 0 Å². The molecule has 0 bridgehead atoms. The van der Waals surface area contributed by atoms with E-state index in [2.05, 4.69) is 25.0 Å². The van der Waals surface area contributed by atoms with Crippen LogP contribution in [0.15, 0.2) is 0 Å². The minimum atomic E-state index is -3.28. The fraction of sp³-hybridized carbons (Fsp3) is 1.00. The second-order valence-electron chi connectivity index (χ2n) is 4.43. The van der Waals surface area contributed by atoms with Gasteiger partial charge in [-0.1, -0.05) is 20.8 Å². The number of hydrogen-bond acceptors (Lipinski definition) is 4. The molecule has 0 saturated carbocycles. The molecule has 0 aliphatic rings. The van der Waals surface area contributed by atoms with Gasteiger partial charge in [0.2, 0.25) is 9.76 Å². The van der Waals surface area contributed by atoms with E-state index in [0.29, 0.717) is 22.8 Å². The molecule has 0 spiro atoms. The standard InChI is InChI=1S/C9H20O4SSi/c1-9(2,3)15-13-8-6-5-7-12-14(4,10)11/h5-8H2,1-4H3. The highest BCUT2D eigenvalue weighted by Gasteiger charge is 2.12. The highest BCUT2D eigenvalue weighted by atomic mass is 32.2. The van der Waals surface area contributed by atoms with Crippen LogP contribution in [0.2, 0.25) is 5.04 Å². The Kier molecular flexibility index (Phi) is 6.66. The minimum Gasteiger partial charge on any atom is -0.417 e. The van der Waals surface area contributed by atoms with Gasteiger partial charge in [0.15, 0.2) is 0 Å². The van der Waals surface area contributed by atoms with Crippen LogP contribution in [0.5, 0.6) is 0 Å². The maximum Gasteiger partial charge on any atom is 0.264 e. The van der Waals surface area contributed by atoms with Crippen LogP contribution in [0, 0.1) is 0 Å². The van der Waals surface area contributed by atoms with Crippen molar-refractivity contribution in [3.63, 3.8) is 0 Å². The SMILES string of the molecule is CC(C)(C)[Si]OCCCCOS(C)(=O)=O. The van der Waals surface area contributed by atoms with Crippen LogP contribution in [-0.4, -0.2) is 37.7 Å². The molecule has 0 N–H and O–H groups in total. The molecule has 4 nitrogen and oxygen atoms in total. The lowest BCUT2D eigenvalue weighted by Gasteiger charge is -2.15. The predicted molar refractivity (Wildman–Crippen MR) is 61.5 cm³/mol. The van der Waals surface area contributed by atoms with Crippen LogP contribution in [0.1, 0.15) is 33.6 Å². The van der Waals surface area contributed by atoms with Gasteiger partial charge in [-0.3, -0.25) is 4.18 Å². The third kappa shape index (κ3) is 14.1. The first-order chi connectivity index (χ1) is 6.71. The summed E-state index contributed by atoms with van der Waals surface area (Å²) in [7, 11) is -2.80. The first-order valence-corrected chi connectivity index (χ1v) is 7.66. The maximum absolute atomic E-state index is 10.6. The third-order valence-electron chi connectivity index (χ3n) is 1.32. The molecule has 0 atom stereocenters. The fourth-order valence-corrected chi connectivity index (χ4v) is 1.85. The largest absolute Gasteiger partial charge is 0.417 e. The Bertz CT molecular complexity index is 256. The van der Waals surface area contributed by atoms with E-state index in [9.17, 15) is 8.42 Å². The number of rotatable bonds is 7. The van der Waals surface area contributed by atoms with Crippen molar-refractivity contribution in [2.75, 3.05) is 19.5 Å². The van der Waals surface area contributed by atoms with E-state index in [-0.39, 0.29) is 11.6 Å². The van der Waals surface area contributed by atoms with Crippen molar-refractivity contribution in [1.82, 2.24) is 0 Å². The van der Waals surface area contributed by atoms with E-state index in [4.69, 9.17) is 4.43 Å². The van der Waals surface area contributed by atoms with Crippen LogP contribution in [0.25, 0.3) is 0 Å². The van der Waals surface area contributed by atoms with E-state index in [1.807, 2.05) is 0 Å². The van der Waals surface area contributed by atoms with Gasteiger partial charge in [0.05, 0.1) is 12.9 Å². The molecular formula is C9H20O4SSi. The fourth-order valence-electron chi connectivity index (χ4n) is 0.754. The molecule has 0 aromatic rings. The normalized spacial score (nSPS) is 13.1. The van der Waals surface area contributed by atoms with Crippen molar-refractivity contribution in [3.8, 4) is 0 Å². The molecule has 0 heterocycles. The molecule has 90 valence electrons. The van der Waals surface area contributed by atoms with Crippen molar-refractivity contribution in [1.29, 1.82) is 0 Å².